The number of rotatable bonds is 8. The lowest BCUT2D eigenvalue weighted by atomic mass is 10.2. The lowest BCUT2D eigenvalue weighted by Gasteiger charge is -2.23. The molecule has 2 fully saturated rings. The average molecular weight is 626 g/mol. The van der Waals surface area contributed by atoms with Gasteiger partial charge in [-0.1, -0.05) is 0 Å². The summed E-state index contributed by atoms with van der Waals surface area (Å²) >= 11 is 12.7. The molecule has 5 heterocycles. The summed E-state index contributed by atoms with van der Waals surface area (Å²) in [7, 11) is -4.94. The van der Waals surface area contributed by atoms with Crippen molar-refractivity contribution >= 4 is 54.1 Å². The summed E-state index contributed by atoms with van der Waals surface area (Å²) in [6, 6.07) is 0. The van der Waals surface area contributed by atoms with E-state index in [4.69, 9.17) is 53.2 Å². The lowest BCUT2D eigenvalue weighted by Crippen LogP contribution is -2.35. The number of halogens is 2. The maximum atomic E-state index is 12.8. The molecule has 0 radical (unpaired) electrons. The van der Waals surface area contributed by atoms with Gasteiger partial charge in [0.05, 0.1) is 19.5 Å². The average Bonchev–Trinajstić information content (AvgIpc) is 3.53. The Labute approximate surface area is 232 Å². The summed E-state index contributed by atoms with van der Waals surface area (Å²) in [4.78, 5) is 52.0. The summed E-state index contributed by atoms with van der Waals surface area (Å²) in [5, 5.41) is 17.9. The van der Waals surface area contributed by atoms with Crippen molar-refractivity contribution in [2.75, 3.05) is 24.7 Å². The molecular formula is C18H22Cl2N9O10P. The smallest absolute Gasteiger partial charge is 0.394 e. The number of imidazole rings is 1. The second kappa shape index (κ2) is 10.9. The second-order valence-electron chi connectivity index (χ2n) is 8.71. The minimum atomic E-state index is -4.94. The summed E-state index contributed by atoms with van der Waals surface area (Å²) in [6.45, 7) is -1.38. The van der Waals surface area contributed by atoms with Crippen LogP contribution in [0.3, 0.4) is 0 Å². The number of phosphoric ester groups is 1. The van der Waals surface area contributed by atoms with Crippen LogP contribution in [0.25, 0.3) is 11.2 Å². The van der Waals surface area contributed by atoms with Crippen LogP contribution in [0.15, 0.2) is 22.2 Å². The Morgan fingerprint density at radius 1 is 1.07 bits per heavy atom. The molecule has 0 spiro atoms. The molecule has 0 amide bonds. The third-order valence-corrected chi connectivity index (χ3v) is 8.06. The molecule has 2 aliphatic rings. The monoisotopic (exact) mass is 625 g/mol. The second-order valence-corrected chi connectivity index (χ2v) is 11.1. The van der Waals surface area contributed by atoms with Crippen LogP contribution < -0.4 is 22.7 Å². The minimum Gasteiger partial charge on any atom is -0.394 e. The molecule has 40 heavy (non-hydrogen) atoms. The van der Waals surface area contributed by atoms with Gasteiger partial charge in [0.15, 0.2) is 23.6 Å². The number of H-pyrrole nitrogens is 1. The number of aliphatic hydroxyl groups is 2. The predicted octanol–water partition coefficient (Wildman–Crippen LogP) is -2.20. The first-order valence-corrected chi connectivity index (χ1v) is 13.7. The zero-order valence-corrected chi connectivity index (χ0v) is 22.3. The molecule has 0 saturated carbocycles. The number of nitrogens with zero attached hydrogens (tertiary/aromatic N) is 6. The van der Waals surface area contributed by atoms with Gasteiger partial charge in [-0.25, -0.2) is 19.3 Å². The maximum absolute atomic E-state index is 12.8. The van der Waals surface area contributed by atoms with E-state index in [0.29, 0.717) is 0 Å². The van der Waals surface area contributed by atoms with Gasteiger partial charge >= 0.3 is 13.5 Å². The van der Waals surface area contributed by atoms with E-state index >= 15 is 0 Å². The van der Waals surface area contributed by atoms with Crippen LogP contribution in [-0.2, 0) is 23.1 Å². The fourth-order valence-electron chi connectivity index (χ4n) is 4.27. The predicted molar refractivity (Wildman–Crippen MR) is 134 cm³/mol. The Hall–Kier alpha value is -2.71. The van der Waals surface area contributed by atoms with E-state index < -0.39 is 79.9 Å². The van der Waals surface area contributed by atoms with Crippen LogP contribution in [0.1, 0.15) is 12.5 Å². The van der Waals surface area contributed by atoms with Crippen molar-refractivity contribution in [2.24, 2.45) is 0 Å². The van der Waals surface area contributed by atoms with Crippen molar-refractivity contribution in [1.82, 2.24) is 34.1 Å². The van der Waals surface area contributed by atoms with Crippen molar-refractivity contribution < 1.29 is 38.2 Å². The fourth-order valence-corrected chi connectivity index (χ4v) is 6.05. The number of aromatic nitrogens is 7. The van der Waals surface area contributed by atoms with Crippen molar-refractivity contribution in [1.29, 1.82) is 0 Å². The lowest BCUT2D eigenvalue weighted by molar-refractivity contribution is -0.0565. The zero-order valence-electron chi connectivity index (χ0n) is 19.9. The zero-order chi connectivity index (χ0) is 28.9. The van der Waals surface area contributed by atoms with Gasteiger partial charge in [-0.3, -0.25) is 28.0 Å². The molecule has 8 N–H and O–H groups in total. The molecule has 0 aliphatic carbocycles. The number of aromatic amines is 1. The van der Waals surface area contributed by atoms with Crippen LogP contribution in [0, 0.1) is 0 Å². The topological polar surface area (TPSA) is 278 Å². The van der Waals surface area contributed by atoms with Gasteiger partial charge in [-0.15, -0.1) is 23.2 Å². The SMILES string of the molecule is Nc1ncn([C@@H]2O[C@H](CO)[C@H](OP(=O)(O)OC[C@H]3O[C@@H](n4cnc5c(=O)[nH]c(N)nc54)[C@@H](Cl)[C@H]3O)C2Cl)c(=O)n1. The highest BCUT2D eigenvalue weighted by Gasteiger charge is 2.50. The Kier molecular flexibility index (Phi) is 7.87. The molecule has 218 valence electrons. The van der Waals surface area contributed by atoms with Gasteiger partial charge in [0, 0.05) is 0 Å². The number of hydrogen-bond donors (Lipinski definition) is 6. The molecule has 22 heteroatoms. The fraction of sp³-hybridized carbons (Fsp3) is 0.556. The highest BCUT2D eigenvalue weighted by molar-refractivity contribution is 7.47. The highest BCUT2D eigenvalue weighted by atomic mass is 35.5. The van der Waals surface area contributed by atoms with E-state index in [2.05, 4.69) is 24.9 Å². The van der Waals surface area contributed by atoms with E-state index in [1.165, 1.54) is 10.9 Å². The molecule has 0 aromatic carbocycles. The van der Waals surface area contributed by atoms with Crippen molar-refractivity contribution in [3.63, 3.8) is 0 Å². The number of aliphatic hydroxyl groups excluding tert-OH is 2. The summed E-state index contributed by atoms with van der Waals surface area (Å²) in [6.07, 6.45) is -5.51. The number of fused-ring (bicyclic) bond motifs is 1. The van der Waals surface area contributed by atoms with Crippen molar-refractivity contribution in [3.05, 3.63) is 33.5 Å². The first kappa shape index (κ1) is 28.8. The third-order valence-electron chi connectivity index (χ3n) is 6.14. The molecular weight excluding hydrogens is 604 g/mol. The number of hydrogen-bond acceptors (Lipinski definition) is 15. The third kappa shape index (κ3) is 5.32. The normalized spacial score (nSPS) is 32.0. The number of phosphoric acid groups is 1. The molecule has 5 rings (SSSR count). The summed E-state index contributed by atoms with van der Waals surface area (Å²) in [5.41, 5.74) is 9.49. The molecule has 9 atom stereocenters. The Bertz CT molecular complexity index is 1570. The van der Waals surface area contributed by atoms with Gasteiger partial charge in [0.1, 0.15) is 41.5 Å². The number of nitrogen functional groups attached to an aromatic ring is 2. The first-order valence-electron chi connectivity index (χ1n) is 11.4. The van der Waals surface area contributed by atoms with Crippen molar-refractivity contribution in [2.45, 2.75) is 47.6 Å². The standard InChI is InChI=1S/C18H22Cl2N9O10P/c19-7-10(31)6(38-14(7)28-3-23-9-12(28)25-17(22)26-13(9)32)2-36-40(34,35)39-11-5(1-30)37-15(8(11)20)29-4-24-16(21)27-18(29)33/h3-8,10-11,14-15,30-31H,1-2H2,(H,34,35)(H2,21,27,33)(H3,22,25,26,32)/t5-,6-,7+,8?,10+,11+,14-,15-/m1/s1. The van der Waals surface area contributed by atoms with E-state index in [9.17, 15) is 29.3 Å². The number of alkyl halides is 2. The first-order chi connectivity index (χ1) is 18.9. The quantitative estimate of drug-likeness (QED) is 0.114. The largest absolute Gasteiger partial charge is 0.472 e. The number of nitrogens with one attached hydrogen (secondary N) is 1. The van der Waals surface area contributed by atoms with Gasteiger partial charge < -0.3 is 36.0 Å². The summed E-state index contributed by atoms with van der Waals surface area (Å²) in [5.74, 6) is -0.481. The molecule has 0 bridgehead atoms. The van der Waals surface area contributed by atoms with E-state index in [-0.39, 0.29) is 23.1 Å². The van der Waals surface area contributed by atoms with E-state index in [1.54, 1.807) is 0 Å². The van der Waals surface area contributed by atoms with Crippen molar-refractivity contribution in [3.8, 4) is 0 Å². The minimum absolute atomic E-state index is 0.0337. The van der Waals surface area contributed by atoms with Crippen LogP contribution in [0.2, 0.25) is 0 Å². The number of anilines is 2. The van der Waals surface area contributed by atoms with Crippen LogP contribution in [0.5, 0.6) is 0 Å². The van der Waals surface area contributed by atoms with Crippen LogP contribution in [-0.4, -0.2) is 97.5 Å². The van der Waals surface area contributed by atoms with Gasteiger partial charge in [-0.2, -0.15) is 9.97 Å². The summed E-state index contributed by atoms with van der Waals surface area (Å²) < 4.78 is 36.4. The molecule has 2 saturated heterocycles. The van der Waals surface area contributed by atoms with Crippen LogP contribution in [0.4, 0.5) is 11.9 Å². The van der Waals surface area contributed by atoms with Gasteiger partial charge in [-0.05, 0) is 0 Å². The molecule has 3 aromatic rings. The van der Waals surface area contributed by atoms with E-state index in [0.717, 1.165) is 10.9 Å². The Morgan fingerprint density at radius 2 is 1.75 bits per heavy atom. The number of ether oxygens (including phenoxy) is 2. The van der Waals surface area contributed by atoms with Crippen LogP contribution >= 0.6 is 31.0 Å². The highest BCUT2D eigenvalue weighted by Crippen LogP contribution is 2.50. The molecule has 2 unspecified atom stereocenters. The van der Waals surface area contributed by atoms with Gasteiger partial charge in [0.2, 0.25) is 11.9 Å². The molecule has 3 aromatic heterocycles. The van der Waals surface area contributed by atoms with Gasteiger partial charge in [0.25, 0.3) is 5.56 Å². The number of nitrogens with two attached hydrogens (primary N) is 2. The molecule has 2 aliphatic heterocycles. The maximum Gasteiger partial charge on any atom is 0.472 e. The Morgan fingerprint density at radius 3 is 2.45 bits per heavy atom. The molecule has 19 nitrogen and oxygen atoms in total. The Balaban J connectivity index is 1.27. The van der Waals surface area contributed by atoms with E-state index in [1.807, 2.05) is 0 Å².